The molecule has 28 heavy (non-hydrogen) atoms. The second-order valence-electron chi connectivity index (χ2n) is 6.25. The maximum absolute atomic E-state index is 12.9. The van der Waals surface area contributed by atoms with E-state index in [2.05, 4.69) is 5.32 Å². The van der Waals surface area contributed by atoms with Gasteiger partial charge in [0.1, 0.15) is 17.5 Å². The fourth-order valence-corrected chi connectivity index (χ4v) is 4.17. The molecule has 0 saturated carbocycles. The summed E-state index contributed by atoms with van der Waals surface area (Å²) >= 11 is 6.08. The number of carbonyl (C=O) groups is 1. The molecular formula is C19H23ClN2O5S. The first kappa shape index (κ1) is 21.8. The number of nitrogens with zero attached hydrogens (tertiary/aromatic N) is 1. The number of nitrogens with one attached hydrogen (secondary N) is 1. The molecule has 7 nitrogen and oxygen atoms in total. The highest BCUT2D eigenvalue weighted by atomic mass is 35.5. The lowest BCUT2D eigenvalue weighted by atomic mass is 10.2. The number of benzene rings is 2. The molecule has 0 bridgehead atoms. The van der Waals surface area contributed by atoms with E-state index >= 15 is 0 Å². The Balaban J connectivity index is 2.39. The van der Waals surface area contributed by atoms with E-state index in [0.717, 1.165) is 16.1 Å². The number of methoxy groups -OCH3 is 2. The third kappa shape index (κ3) is 4.88. The normalized spacial score (nSPS) is 12.2. The molecule has 2 rings (SSSR count). The van der Waals surface area contributed by atoms with E-state index < -0.39 is 22.0 Å². The van der Waals surface area contributed by atoms with Crippen molar-refractivity contribution in [2.45, 2.75) is 19.9 Å². The number of hydrogen-bond donors (Lipinski definition) is 1. The fraction of sp³-hybridized carbons (Fsp3) is 0.316. The first-order valence-corrected chi connectivity index (χ1v) is 10.6. The van der Waals surface area contributed by atoms with Crippen LogP contribution in [0.2, 0.25) is 5.02 Å². The molecule has 0 aliphatic carbocycles. The molecule has 152 valence electrons. The number of halogens is 1. The van der Waals surface area contributed by atoms with E-state index in [0.29, 0.717) is 27.9 Å². The van der Waals surface area contributed by atoms with Gasteiger partial charge in [-0.25, -0.2) is 8.42 Å². The van der Waals surface area contributed by atoms with Gasteiger partial charge in [-0.2, -0.15) is 0 Å². The Labute approximate surface area is 170 Å². The predicted octanol–water partition coefficient (Wildman–Crippen LogP) is 3.46. The van der Waals surface area contributed by atoms with E-state index in [1.54, 1.807) is 18.2 Å². The van der Waals surface area contributed by atoms with E-state index in [1.807, 2.05) is 13.0 Å². The highest BCUT2D eigenvalue weighted by molar-refractivity contribution is 7.92. The van der Waals surface area contributed by atoms with Gasteiger partial charge in [-0.1, -0.05) is 23.7 Å². The maximum atomic E-state index is 12.9. The molecule has 1 amide bonds. The van der Waals surface area contributed by atoms with Crippen LogP contribution in [0.5, 0.6) is 11.5 Å². The van der Waals surface area contributed by atoms with Crippen molar-refractivity contribution in [2.24, 2.45) is 0 Å². The van der Waals surface area contributed by atoms with Crippen molar-refractivity contribution in [3.8, 4) is 11.5 Å². The van der Waals surface area contributed by atoms with Crippen LogP contribution in [0.25, 0.3) is 0 Å². The minimum absolute atomic E-state index is 0.318. The van der Waals surface area contributed by atoms with Gasteiger partial charge in [0.25, 0.3) is 0 Å². The molecule has 0 aromatic heterocycles. The second-order valence-corrected chi connectivity index (χ2v) is 8.52. The lowest BCUT2D eigenvalue weighted by molar-refractivity contribution is -0.116. The number of carbonyl (C=O) groups excluding carboxylic acids is 1. The van der Waals surface area contributed by atoms with Gasteiger partial charge in [0.2, 0.25) is 15.9 Å². The van der Waals surface area contributed by atoms with Crippen molar-refractivity contribution in [3.05, 3.63) is 47.0 Å². The number of sulfonamides is 1. The minimum atomic E-state index is -3.71. The molecule has 2 aromatic carbocycles. The predicted molar refractivity (Wildman–Crippen MR) is 111 cm³/mol. The topological polar surface area (TPSA) is 84.9 Å². The summed E-state index contributed by atoms with van der Waals surface area (Å²) < 4.78 is 36.3. The lowest BCUT2D eigenvalue weighted by Crippen LogP contribution is -2.45. The van der Waals surface area contributed by atoms with Crippen molar-refractivity contribution in [1.29, 1.82) is 0 Å². The zero-order valence-electron chi connectivity index (χ0n) is 16.3. The van der Waals surface area contributed by atoms with E-state index in [1.165, 1.54) is 33.3 Å². The number of ether oxygens (including phenoxy) is 2. The van der Waals surface area contributed by atoms with Crippen LogP contribution in [0.1, 0.15) is 12.5 Å². The maximum Gasteiger partial charge on any atom is 0.248 e. The van der Waals surface area contributed by atoms with Crippen molar-refractivity contribution in [1.82, 2.24) is 0 Å². The Bertz CT molecular complexity index is 978. The van der Waals surface area contributed by atoms with Crippen molar-refractivity contribution >= 4 is 38.9 Å². The highest BCUT2D eigenvalue weighted by Gasteiger charge is 2.30. The average molecular weight is 427 g/mol. The summed E-state index contributed by atoms with van der Waals surface area (Å²) in [4.78, 5) is 12.9. The van der Waals surface area contributed by atoms with Crippen LogP contribution in [-0.4, -0.2) is 40.8 Å². The molecule has 0 saturated heterocycles. The molecule has 0 fully saturated rings. The summed E-state index contributed by atoms with van der Waals surface area (Å²) in [6.45, 7) is 3.36. The van der Waals surface area contributed by atoms with Gasteiger partial charge in [-0.05, 0) is 31.5 Å². The number of anilines is 2. The first-order valence-electron chi connectivity index (χ1n) is 8.37. The Morgan fingerprint density at radius 2 is 1.79 bits per heavy atom. The number of hydrogen-bond acceptors (Lipinski definition) is 5. The smallest absolute Gasteiger partial charge is 0.248 e. The van der Waals surface area contributed by atoms with E-state index in [9.17, 15) is 13.2 Å². The summed E-state index contributed by atoms with van der Waals surface area (Å²) in [7, 11) is -0.824. The van der Waals surface area contributed by atoms with Crippen molar-refractivity contribution in [2.75, 3.05) is 30.1 Å². The SMILES string of the molecule is COc1cc(NC(=O)[C@@H](C)N(c2cccc(C)c2)S(C)(=O)=O)c(OC)cc1Cl. The lowest BCUT2D eigenvalue weighted by Gasteiger charge is -2.28. The van der Waals surface area contributed by atoms with Gasteiger partial charge in [0.15, 0.2) is 0 Å². The zero-order chi connectivity index (χ0) is 21.1. The van der Waals surface area contributed by atoms with Gasteiger partial charge in [0, 0.05) is 12.1 Å². The number of amides is 1. The Morgan fingerprint density at radius 1 is 1.14 bits per heavy atom. The first-order chi connectivity index (χ1) is 13.1. The molecule has 2 aromatic rings. The molecular weight excluding hydrogens is 404 g/mol. The van der Waals surface area contributed by atoms with Crippen LogP contribution < -0.4 is 19.1 Å². The van der Waals surface area contributed by atoms with Gasteiger partial charge in [-0.15, -0.1) is 0 Å². The van der Waals surface area contributed by atoms with Crippen molar-refractivity contribution < 1.29 is 22.7 Å². The van der Waals surface area contributed by atoms with Crippen LogP contribution in [0, 0.1) is 6.92 Å². The van der Waals surface area contributed by atoms with Gasteiger partial charge in [0.05, 0.1) is 36.9 Å². The standard InChI is InChI=1S/C19H23ClN2O5S/c1-12-7-6-8-14(9-12)22(28(5,24)25)13(2)19(23)21-16-11-17(26-3)15(20)10-18(16)27-4/h6-11,13H,1-5H3,(H,21,23)/t13-/m1/s1. The minimum Gasteiger partial charge on any atom is -0.495 e. The number of aryl methyl sites for hydroxylation is 1. The largest absolute Gasteiger partial charge is 0.495 e. The van der Waals surface area contributed by atoms with Crippen LogP contribution >= 0.6 is 11.6 Å². The Hall–Kier alpha value is -2.45. The molecule has 0 heterocycles. The summed E-state index contributed by atoms with van der Waals surface area (Å²) in [5.41, 5.74) is 1.60. The monoisotopic (exact) mass is 426 g/mol. The Morgan fingerprint density at radius 3 is 2.32 bits per heavy atom. The summed E-state index contributed by atoms with van der Waals surface area (Å²) in [5, 5.41) is 3.01. The van der Waals surface area contributed by atoms with Crippen LogP contribution in [0.3, 0.4) is 0 Å². The Kier molecular flexibility index (Phi) is 6.79. The molecule has 1 atom stereocenters. The summed E-state index contributed by atoms with van der Waals surface area (Å²) in [6, 6.07) is 8.95. The molecule has 0 radical (unpaired) electrons. The van der Waals surface area contributed by atoms with Gasteiger partial charge in [-0.3, -0.25) is 9.10 Å². The third-order valence-corrected chi connectivity index (χ3v) is 5.61. The van der Waals surface area contributed by atoms with Gasteiger partial charge < -0.3 is 14.8 Å². The third-order valence-electron chi connectivity index (χ3n) is 4.08. The van der Waals surface area contributed by atoms with E-state index in [4.69, 9.17) is 21.1 Å². The van der Waals surface area contributed by atoms with Gasteiger partial charge >= 0.3 is 0 Å². The summed E-state index contributed by atoms with van der Waals surface area (Å²) in [6.07, 6.45) is 1.06. The molecule has 0 unspecified atom stereocenters. The molecule has 0 aliphatic rings. The van der Waals surface area contributed by atoms with Crippen LogP contribution in [0.15, 0.2) is 36.4 Å². The number of rotatable bonds is 7. The average Bonchev–Trinajstić information content (AvgIpc) is 2.61. The molecule has 9 heteroatoms. The molecule has 1 N–H and O–H groups in total. The van der Waals surface area contributed by atoms with Crippen LogP contribution in [0.4, 0.5) is 11.4 Å². The molecule has 0 aliphatic heterocycles. The van der Waals surface area contributed by atoms with Crippen molar-refractivity contribution in [3.63, 3.8) is 0 Å². The van der Waals surface area contributed by atoms with E-state index in [-0.39, 0.29) is 0 Å². The quantitative estimate of drug-likeness (QED) is 0.732. The zero-order valence-corrected chi connectivity index (χ0v) is 17.9. The summed E-state index contributed by atoms with van der Waals surface area (Å²) in [5.74, 6) is 0.145. The highest BCUT2D eigenvalue weighted by Crippen LogP contribution is 2.36. The second kappa shape index (κ2) is 8.70. The molecule has 0 spiro atoms. The van der Waals surface area contributed by atoms with Crippen LogP contribution in [-0.2, 0) is 14.8 Å². The fourth-order valence-electron chi connectivity index (χ4n) is 2.77.